The van der Waals surface area contributed by atoms with E-state index in [1.807, 2.05) is 6.92 Å². The molecule has 1 amide bonds. The molecule has 4 saturated heterocycles. The van der Waals surface area contributed by atoms with Crippen LogP contribution in [0.5, 0.6) is 0 Å². The van der Waals surface area contributed by atoms with Gasteiger partial charge in [-0.1, -0.05) is 6.07 Å². The monoisotopic (exact) mass is 423 g/mol. The van der Waals surface area contributed by atoms with E-state index >= 15 is 0 Å². The van der Waals surface area contributed by atoms with Gasteiger partial charge in [0.15, 0.2) is 0 Å². The zero-order chi connectivity index (χ0) is 21.6. The summed E-state index contributed by atoms with van der Waals surface area (Å²) in [4.78, 5) is 26.8. The minimum absolute atomic E-state index is 0.0459. The Balaban J connectivity index is 1.58. The van der Waals surface area contributed by atoms with Crippen LogP contribution < -0.4 is 4.90 Å². The first-order valence-corrected chi connectivity index (χ1v) is 10.3. The van der Waals surface area contributed by atoms with Gasteiger partial charge in [0.25, 0.3) is 0 Å². The highest BCUT2D eigenvalue weighted by Crippen LogP contribution is 2.67. The van der Waals surface area contributed by atoms with Crippen molar-refractivity contribution in [2.24, 2.45) is 17.8 Å². The predicted molar refractivity (Wildman–Crippen MR) is 101 cm³/mol. The number of Topliss-reactive ketones (excluding diaryl/α,β-unsaturated/α-hetero) is 1. The second kappa shape index (κ2) is 6.07. The summed E-state index contributed by atoms with van der Waals surface area (Å²) in [6.07, 6.45) is -3.53. The molecule has 4 aliphatic rings. The fourth-order valence-corrected chi connectivity index (χ4v) is 6.44. The number of alkyl halides is 3. The lowest BCUT2D eigenvalue weighted by atomic mass is 9.61. The molecule has 4 fully saturated rings. The fourth-order valence-electron chi connectivity index (χ4n) is 6.44. The number of ketones is 1. The van der Waals surface area contributed by atoms with Crippen molar-refractivity contribution in [3.63, 3.8) is 0 Å². The normalized spacial score (nSPS) is 39.5. The summed E-state index contributed by atoms with van der Waals surface area (Å²) in [6.45, 7) is 5.18. The third-order valence-electron chi connectivity index (χ3n) is 7.63. The number of hydrogen-bond donors (Lipinski definition) is 0. The topological polar surface area (TPSA) is 55.8 Å². The van der Waals surface area contributed by atoms with Crippen molar-refractivity contribution >= 4 is 17.4 Å². The summed E-state index contributed by atoms with van der Waals surface area (Å²) < 4.78 is 52.9. The van der Waals surface area contributed by atoms with Crippen molar-refractivity contribution in [3.05, 3.63) is 29.3 Å². The third kappa shape index (κ3) is 2.49. The van der Waals surface area contributed by atoms with E-state index in [1.54, 1.807) is 6.07 Å². The quantitative estimate of drug-likeness (QED) is 0.741. The number of rotatable bonds is 3. The first kappa shape index (κ1) is 20.0. The Bertz CT molecular complexity index is 947. The van der Waals surface area contributed by atoms with Crippen LogP contribution >= 0.6 is 0 Å². The smallest absolute Gasteiger partial charge is 0.367 e. The minimum atomic E-state index is -4.51. The molecule has 1 spiro atoms. The van der Waals surface area contributed by atoms with E-state index in [9.17, 15) is 22.8 Å². The summed E-state index contributed by atoms with van der Waals surface area (Å²) in [6, 6.07) is 3.98. The number of carbonyl (C=O) groups excluding carboxylic acids is 2. The first-order chi connectivity index (χ1) is 14.0. The van der Waals surface area contributed by atoms with Crippen LogP contribution in [0.25, 0.3) is 0 Å². The molecule has 0 unspecified atom stereocenters. The molecule has 5 nitrogen and oxygen atoms in total. The molecular weight excluding hydrogens is 399 g/mol. The molecule has 0 N–H and O–H groups in total. The Kier molecular flexibility index (Phi) is 4.04. The largest absolute Gasteiger partial charge is 0.416 e. The molecule has 30 heavy (non-hydrogen) atoms. The lowest BCUT2D eigenvalue weighted by Crippen LogP contribution is -2.52. The molecule has 8 heteroatoms. The number of aryl methyl sites for hydroxylation is 1. The van der Waals surface area contributed by atoms with Gasteiger partial charge in [0, 0.05) is 24.4 Å². The van der Waals surface area contributed by atoms with E-state index in [-0.39, 0.29) is 34.8 Å². The van der Waals surface area contributed by atoms with E-state index in [2.05, 4.69) is 0 Å². The number of nitrogens with zero attached hydrogens (tertiary/aromatic N) is 1. The van der Waals surface area contributed by atoms with Gasteiger partial charge in [-0.25, -0.2) is 0 Å². The van der Waals surface area contributed by atoms with Crippen LogP contribution in [0.2, 0.25) is 0 Å². The average molecular weight is 423 g/mol. The molecule has 4 heterocycles. The molecule has 2 bridgehead atoms. The number of carbonyl (C=O) groups is 2. The van der Waals surface area contributed by atoms with E-state index in [0.717, 1.165) is 6.07 Å². The summed E-state index contributed by atoms with van der Waals surface area (Å²) in [5, 5.41) is 0. The zero-order valence-corrected chi connectivity index (χ0v) is 17.1. The second-order valence-corrected chi connectivity index (χ2v) is 9.38. The van der Waals surface area contributed by atoms with Gasteiger partial charge < -0.3 is 14.3 Å². The lowest BCUT2D eigenvalue weighted by molar-refractivity contribution is -0.142. The SMILES string of the molecule is CC(=O)C[C@H]1C[C@@]23CCO[C@H]4[C@@H]2[C@H](C(=O)N4c2ccc(C)c(C(F)(F)F)c2)[C@]1(C)O3. The van der Waals surface area contributed by atoms with Gasteiger partial charge in [-0.15, -0.1) is 0 Å². The number of fused-ring (bicyclic) bond motifs is 2. The van der Waals surface area contributed by atoms with Gasteiger partial charge in [0.05, 0.1) is 29.3 Å². The molecule has 1 aromatic rings. The minimum Gasteiger partial charge on any atom is -0.367 e. The average Bonchev–Trinajstić information content (AvgIpc) is 3.18. The van der Waals surface area contributed by atoms with Gasteiger partial charge in [0.1, 0.15) is 12.0 Å². The number of halogens is 3. The Morgan fingerprint density at radius 2 is 2.07 bits per heavy atom. The van der Waals surface area contributed by atoms with Crippen LogP contribution in [-0.2, 0) is 25.2 Å². The van der Waals surface area contributed by atoms with E-state index in [4.69, 9.17) is 9.47 Å². The van der Waals surface area contributed by atoms with Crippen LogP contribution in [0.3, 0.4) is 0 Å². The van der Waals surface area contributed by atoms with Crippen molar-refractivity contribution in [2.45, 2.75) is 63.6 Å². The Morgan fingerprint density at radius 1 is 1.33 bits per heavy atom. The molecule has 1 aromatic carbocycles. The van der Waals surface area contributed by atoms with Gasteiger partial charge >= 0.3 is 6.18 Å². The van der Waals surface area contributed by atoms with Crippen LogP contribution in [0.1, 0.15) is 44.2 Å². The lowest BCUT2D eigenvalue weighted by Gasteiger charge is -2.43. The van der Waals surface area contributed by atoms with Crippen LogP contribution in [0.15, 0.2) is 18.2 Å². The van der Waals surface area contributed by atoms with Crippen molar-refractivity contribution in [2.75, 3.05) is 11.5 Å². The van der Waals surface area contributed by atoms with Crippen molar-refractivity contribution in [1.29, 1.82) is 0 Å². The van der Waals surface area contributed by atoms with Gasteiger partial charge in [0.2, 0.25) is 5.91 Å². The predicted octanol–water partition coefficient (Wildman–Crippen LogP) is 3.87. The molecular formula is C22H24F3NO4. The van der Waals surface area contributed by atoms with Gasteiger partial charge in [-0.3, -0.25) is 9.69 Å². The van der Waals surface area contributed by atoms with Gasteiger partial charge in [-0.05, 0) is 50.8 Å². The maximum absolute atomic E-state index is 13.6. The third-order valence-corrected chi connectivity index (χ3v) is 7.63. The van der Waals surface area contributed by atoms with Crippen LogP contribution in [-0.4, -0.2) is 35.7 Å². The summed E-state index contributed by atoms with van der Waals surface area (Å²) >= 11 is 0. The number of anilines is 1. The summed E-state index contributed by atoms with van der Waals surface area (Å²) in [5.74, 6) is -1.09. The maximum Gasteiger partial charge on any atom is 0.416 e. The van der Waals surface area contributed by atoms with Crippen LogP contribution in [0, 0.1) is 24.7 Å². The summed E-state index contributed by atoms with van der Waals surface area (Å²) in [7, 11) is 0. The van der Waals surface area contributed by atoms with Crippen molar-refractivity contribution < 1.29 is 32.2 Å². The molecule has 162 valence electrons. The second-order valence-electron chi connectivity index (χ2n) is 9.38. The molecule has 0 radical (unpaired) electrons. The highest BCUT2D eigenvalue weighted by Gasteiger charge is 2.77. The zero-order valence-electron chi connectivity index (χ0n) is 17.1. The van der Waals surface area contributed by atoms with Crippen LogP contribution in [0.4, 0.5) is 18.9 Å². The number of ether oxygens (including phenoxy) is 2. The Morgan fingerprint density at radius 3 is 2.73 bits per heavy atom. The highest BCUT2D eigenvalue weighted by molar-refractivity contribution is 6.00. The Hall–Kier alpha value is -1.93. The molecule has 5 rings (SSSR count). The van der Waals surface area contributed by atoms with Crippen molar-refractivity contribution in [3.8, 4) is 0 Å². The van der Waals surface area contributed by atoms with E-state index in [0.29, 0.717) is 25.9 Å². The number of benzene rings is 1. The standard InChI is InChI=1S/C22H24F3NO4/c1-11-4-5-14(9-15(11)22(23,24)25)26-18(28)16-17-19(26)29-7-6-21(17)10-13(8-12(2)27)20(16,3)30-21/h4-5,9,13,16-17,19H,6-8,10H2,1-3H3/t13-,16+,17-,19-,20+,21-/m0/s1. The fraction of sp³-hybridized carbons (Fsp3) is 0.636. The molecule has 0 aliphatic carbocycles. The van der Waals surface area contributed by atoms with Gasteiger partial charge in [-0.2, -0.15) is 13.2 Å². The van der Waals surface area contributed by atoms with E-state index in [1.165, 1.54) is 24.8 Å². The first-order valence-electron chi connectivity index (χ1n) is 10.3. The molecule has 4 aliphatic heterocycles. The highest BCUT2D eigenvalue weighted by atomic mass is 19.4. The Labute approximate surface area is 172 Å². The van der Waals surface area contributed by atoms with E-state index < -0.39 is 35.1 Å². The maximum atomic E-state index is 13.6. The molecule has 0 saturated carbocycles. The molecule has 6 atom stereocenters. The van der Waals surface area contributed by atoms with Crippen molar-refractivity contribution in [1.82, 2.24) is 0 Å². The number of hydrogen-bond acceptors (Lipinski definition) is 4. The molecule has 0 aromatic heterocycles. The summed E-state index contributed by atoms with van der Waals surface area (Å²) in [5.41, 5.74) is -1.83. The number of amides is 1.